The lowest BCUT2D eigenvalue weighted by molar-refractivity contribution is -0.135. The van der Waals surface area contributed by atoms with Gasteiger partial charge < -0.3 is 19.9 Å². The maximum atomic E-state index is 13.9. The number of ether oxygens (including phenoxy) is 1. The monoisotopic (exact) mass is 444 g/mol. The largest absolute Gasteiger partial charge is 0.444 e. The van der Waals surface area contributed by atoms with Crippen LogP contribution in [-0.2, 0) is 27.4 Å². The van der Waals surface area contributed by atoms with Crippen LogP contribution >= 0.6 is 0 Å². The molecule has 0 saturated carbocycles. The van der Waals surface area contributed by atoms with E-state index in [2.05, 4.69) is 5.32 Å². The molecule has 0 aromatic heterocycles. The Kier molecular flexibility index (Phi) is 7.02. The van der Waals surface area contributed by atoms with Crippen LogP contribution in [0.5, 0.6) is 0 Å². The van der Waals surface area contributed by atoms with Crippen molar-refractivity contribution >= 4 is 17.9 Å². The first kappa shape index (κ1) is 23.5. The predicted octanol–water partition coefficient (Wildman–Crippen LogP) is 2.66. The Morgan fingerprint density at radius 1 is 1.25 bits per heavy atom. The first-order chi connectivity index (χ1) is 15.1. The van der Waals surface area contributed by atoms with Crippen LogP contribution in [0.25, 0.3) is 0 Å². The van der Waals surface area contributed by atoms with Gasteiger partial charge in [0, 0.05) is 25.9 Å². The van der Waals surface area contributed by atoms with Gasteiger partial charge in [0.25, 0.3) is 0 Å². The van der Waals surface area contributed by atoms with E-state index in [-0.39, 0.29) is 31.7 Å². The van der Waals surface area contributed by atoms with Crippen LogP contribution in [0, 0.1) is 11.3 Å². The second-order valence-electron chi connectivity index (χ2n) is 9.22. The van der Waals surface area contributed by atoms with E-state index in [1.807, 2.05) is 30.3 Å². The van der Waals surface area contributed by atoms with E-state index in [4.69, 9.17) is 4.74 Å². The molecule has 1 N–H and O–H groups in total. The summed E-state index contributed by atoms with van der Waals surface area (Å²) in [5.41, 5.74) is 1.40. The van der Waals surface area contributed by atoms with Crippen molar-refractivity contribution in [3.8, 4) is 6.07 Å². The molecule has 1 aromatic rings. The standard InChI is InChI=1S/C23H29FN4O4/c1-23(2,3)32-22(31)26-19(21(30)28-14-17(24)10-18(28)11-25)8-9-20(29)27-12-15-6-4-5-7-16(15)13-27/h4-7,17-19H,8-10,12-14H2,1-3H3,(H,26,31). The number of fused-ring (bicyclic) bond motifs is 1. The van der Waals surface area contributed by atoms with Crippen molar-refractivity contribution in [1.29, 1.82) is 5.26 Å². The number of nitrogens with zero attached hydrogens (tertiary/aromatic N) is 3. The third kappa shape index (κ3) is 5.75. The molecule has 0 radical (unpaired) electrons. The van der Waals surface area contributed by atoms with Crippen LogP contribution in [0.4, 0.5) is 9.18 Å². The second-order valence-corrected chi connectivity index (χ2v) is 9.22. The molecule has 172 valence electrons. The number of alkyl halides is 1. The zero-order valence-electron chi connectivity index (χ0n) is 18.6. The Bertz CT molecular complexity index is 898. The molecule has 1 saturated heterocycles. The molecule has 0 spiro atoms. The highest BCUT2D eigenvalue weighted by atomic mass is 19.1. The molecule has 9 heteroatoms. The van der Waals surface area contributed by atoms with E-state index < -0.39 is 35.9 Å². The topological polar surface area (TPSA) is 103 Å². The Morgan fingerprint density at radius 3 is 2.44 bits per heavy atom. The summed E-state index contributed by atoms with van der Waals surface area (Å²) in [4.78, 5) is 41.0. The molecule has 3 rings (SSSR count). The smallest absolute Gasteiger partial charge is 0.408 e. The van der Waals surface area contributed by atoms with Crippen molar-refractivity contribution in [3.05, 3.63) is 35.4 Å². The summed E-state index contributed by atoms with van der Waals surface area (Å²) >= 11 is 0. The first-order valence-electron chi connectivity index (χ1n) is 10.8. The fraction of sp³-hybridized carbons (Fsp3) is 0.565. The lowest BCUT2D eigenvalue weighted by atomic mass is 10.1. The fourth-order valence-electron chi connectivity index (χ4n) is 3.99. The van der Waals surface area contributed by atoms with Gasteiger partial charge >= 0.3 is 6.09 Å². The highest BCUT2D eigenvalue weighted by Gasteiger charge is 2.39. The van der Waals surface area contributed by atoms with E-state index in [1.165, 1.54) is 0 Å². The summed E-state index contributed by atoms with van der Waals surface area (Å²) in [5, 5.41) is 11.8. The number of amides is 3. The number of benzene rings is 1. The van der Waals surface area contributed by atoms with Crippen molar-refractivity contribution in [3.63, 3.8) is 0 Å². The molecule has 3 unspecified atom stereocenters. The van der Waals surface area contributed by atoms with Gasteiger partial charge in [0.15, 0.2) is 0 Å². The molecule has 3 atom stereocenters. The zero-order valence-corrected chi connectivity index (χ0v) is 18.6. The Labute approximate surface area is 187 Å². The molecule has 32 heavy (non-hydrogen) atoms. The summed E-state index contributed by atoms with van der Waals surface area (Å²) < 4.78 is 19.1. The molecular weight excluding hydrogens is 415 g/mol. The van der Waals surface area contributed by atoms with Gasteiger partial charge in [-0.05, 0) is 38.3 Å². The minimum absolute atomic E-state index is 0.0182. The molecule has 2 aliphatic heterocycles. The van der Waals surface area contributed by atoms with Gasteiger partial charge in [0.2, 0.25) is 11.8 Å². The molecular formula is C23H29FN4O4. The molecule has 2 heterocycles. The Balaban J connectivity index is 1.67. The number of hydrogen-bond acceptors (Lipinski definition) is 5. The number of carbonyl (C=O) groups is 3. The summed E-state index contributed by atoms with van der Waals surface area (Å²) in [7, 11) is 0. The molecule has 8 nitrogen and oxygen atoms in total. The molecule has 2 aliphatic rings. The number of carbonyl (C=O) groups excluding carboxylic acids is 3. The van der Waals surface area contributed by atoms with Crippen LogP contribution < -0.4 is 5.32 Å². The van der Waals surface area contributed by atoms with Gasteiger partial charge in [-0.3, -0.25) is 9.59 Å². The molecule has 3 amide bonds. The van der Waals surface area contributed by atoms with Gasteiger partial charge in [-0.1, -0.05) is 24.3 Å². The summed E-state index contributed by atoms with van der Waals surface area (Å²) in [6.07, 6.45) is -2.12. The fourth-order valence-corrected chi connectivity index (χ4v) is 3.99. The third-order valence-electron chi connectivity index (χ3n) is 5.51. The number of rotatable bonds is 5. The molecule has 0 aliphatic carbocycles. The van der Waals surface area contributed by atoms with Crippen LogP contribution in [0.15, 0.2) is 24.3 Å². The Morgan fingerprint density at radius 2 is 1.88 bits per heavy atom. The zero-order chi connectivity index (χ0) is 23.5. The van der Waals surface area contributed by atoms with Gasteiger partial charge in [0.05, 0.1) is 12.6 Å². The van der Waals surface area contributed by atoms with E-state index in [0.717, 1.165) is 16.0 Å². The van der Waals surface area contributed by atoms with E-state index in [1.54, 1.807) is 25.7 Å². The average molecular weight is 445 g/mol. The second kappa shape index (κ2) is 9.55. The number of alkyl carbamates (subject to hydrolysis) is 1. The van der Waals surface area contributed by atoms with Gasteiger partial charge in [-0.15, -0.1) is 0 Å². The number of likely N-dealkylation sites (tertiary alicyclic amines) is 1. The van der Waals surface area contributed by atoms with Gasteiger partial charge in [-0.2, -0.15) is 5.26 Å². The molecule has 1 fully saturated rings. The van der Waals surface area contributed by atoms with Crippen molar-refractivity contribution < 1.29 is 23.5 Å². The lowest BCUT2D eigenvalue weighted by Crippen LogP contribution is -2.51. The maximum absolute atomic E-state index is 13.9. The summed E-state index contributed by atoms with van der Waals surface area (Å²) in [6.45, 7) is 5.87. The maximum Gasteiger partial charge on any atom is 0.408 e. The van der Waals surface area contributed by atoms with Crippen LogP contribution in [-0.4, -0.2) is 58.1 Å². The van der Waals surface area contributed by atoms with Crippen LogP contribution in [0.2, 0.25) is 0 Å². The average Bonchev–Trinajstić information content (AvgIpc) is 3.32. The Hall–Kier alpha value is -3.15. The van der Waals surface area contributed by atoms with Gasteiger partial charge in [0.1, 0.15) is 23.9 Å². The number of nitriles is 1. The van der Waals surface area contributed by atoms with Crippen molar-refractivity contribution in [2.24, 2.45) is 0 Å². The quantitative estimate of drug-likeness (QED) is 0.752. The number of nitrogens with one attached hydrogen (secondary N) is 1. The predicted molar refractivity (Wildman–Crippen MR) is 114 cm³/mol. The van der Waals surface area contributed by atoms with Crippen LogP contribution in [0.1, 0.15) is 51.2 Å². The first-order valence-corrected chi connectivity index (χ1v) is 10.8. The highest BCUT2D eigenvalue weighted by Crippen LogP contribution is 2.25. The normalized spacial score (nSPS) is 21.0. The van der Waals surface area contributed by atoms with Crippen LogP contribution in [0.3, 0.4) is 0 Å². The molecule has 0 bridgehead atoms. The lowest BCUT2D eigenvalue weighted by Gasteiger charge is -2.28. The number of halogens is 1. The third-order valence-corrected chi connectivity index (χ3v) is 5.51. The SMILES string of the molecule is CC(C)(C)OC(=O)NC(CCC(=O)N1Cc2ccccc2C1)C(=O)N1CC(F)CC1C#N. The van der Waals surface area contributed by atoms with E-state index in [0.29, 0.717) is 13.1 Å². The van der Waals surface area contributed by atoms with Crippen molar-refractivity contribution in [2.45, 2.75) is 77.0 Å². The van der Waals surface area contributed by atoms with E-state index in [9.17, 15) is 24.0 Å². The van der Waals surface area contributed by atoms with Crippen molar-refractivity contribution in [2.75, 3.05) is 6.54 Å². The highest BCUT2D eigenvalue weighted by molar-refractivity contribution is 5.87. The van der Waals surface area contributed by atoms with Crippen molar-refractivity contribution in [1.82, 2.24) is 15.1 Å². The molecule has 1 aromatic carbocycles. The minimum atomic E-state index is -1.30. The number of hydrogen-bond donors (Lipinski definition) is 1. The summed E-state index contributed by atoms with van der Waals surface area (Å²) in [5.74, 6) is -0.730. The van der Waals surface area contributed by atoms with E-state index >= 15 is 0 Å². The minimum Gasteiger partial charge on any atom is -0.444 e. The van der Waals surface area contributed by atoms with Gasteiger partial charge in [-0.25, -0.2) is 9.18 Å². The summed E-state index contributed by atoms with van der Waals surface area (Å²) in [6, 6.07) is 7.73.